The zero-order valence-electron chi connectivity index (χ0n) is 14.3. The monoisotopic (exact) mass is 318 g/mol. The van der Waals surface area contributed by atoms with E-state index in [9.17, 15) is 4.79 Å². The number of amides is 2. The van der Waals surface area contributed by atoms with Crippen LogP contribution in [0.15, 0.2) is 30.7 Å². The van der Waals surface area contributed by atoms with Gasteiger partial charge in [0.05, 0.1) is 18.8 Å². The number of carbonyl (C=O) groups is 1. The normalized spacial score (nSPS) is 12.4. The molecule has 0 bridgehead atoms. The van der Waals surface area contributed by atoms with E-state index in [0.717, 1.165) is 5.82 Å². The van der Waals surface area contributed by atoms with Crippen LogP contribution >= 0.6 is 0 Å². The number of likely N-dealkylation sites (N-methyl/N-ethyl adjacent to an activating group) is 1. The Bertz CT molecular complexity index is 604. The fourth-order valence-corrected chi connectivity index (χ4v) is 2.27. The Labute approximate surface area is 137 Å². The predicted molar refractivity (Wildman–Crippen MR) is 90.3 cm³/mol. The molecule has 0 saturated carbocycles. The molecule has 0 saturated heterocycles. The van der Waals surface area contributed by atoms with Crippen molar-refractivity contribution in [2.75, 3.05) is 18.4 Å². The number of hydrogen-bond acceptors (Lipinski definition) is 3. The first-order chi connectivity index (χ1) is 11.0. The van der Waals surface area contributed by atoms with Crippen molar-refractivity contribution in [1.29, 1.82) is 0 Å². The molecule has 0 unspecified atom stereocenters. The second kappa shape index (κ2) is 7.80. The number of aromatic nitrogens is 4. The Balaban J connectivity index is 1.98. The average molecular weight is 318 g/mol. The average Bonchev–Trinajstić information content (AvgIpc) is 3.18. The summed E-state index contributed by atoms with van der Waals surface area (Å²) in [6.07, 6.45) is 5.35. The Morgan fingerprint density at radius 3 is 2.70 bits per heavy atom. The third-order valence-electron chi connectivity index (χ3n) is 4.08. The topological polar surface area (TPSA) is 68.0 Å². The summed E-state index contributed by atoms with van der Waals surface area (Å²) in [4.78, 5) is 14.3. The molecule has 2 aromatic heterocycles. The van der Waals surface area contributed by atoms with Gasteiger partial charge in [-0.3, -0.25) is 10.00 Å². The Morgan fingerprint density at radius 2 is 2.09 bits per heavy atom. The second-order valence-electron chi connectivity index (χ2n) is 5.92. The van der Waals surface area contributed by atoms with Crippen molar-refractivity contribution in [3.63, 3.8) is 0 Å². The van der Waals surface area contributed by atoms with E-state index >= 15 is 0 Å². The van der Waals surface area contributed by atoms with Gasteiger partial charge in [-0.05, 0) is 25.8 Å². The maximum Gasteiger partial charge on any atom is 0.323 e. The molecule has 0 aromatic carbocycles. The molecule has 2 amide bonds. The van der Waals surface area contributed by atoms with Crippen molar-refractivity contribution in [1.82, 2.24) is 24.5 Å². The fraction of sp³-hybridized carbons (Fsp3) is 0.562. The van der Waals surface area contributed by atoms with Crippen LogP contribution in [-0.4, -0.2) is 43.6 Å². The highest BCUT2D eigenvalue weighted by molar-refractivity contribution is 5.88. The lowest BCUT2D eigenvalue weighted by molar-refractivity contribution is 0.211. The molecule has 0 radical (unpaired) electrons. The van der Waals surface area contributed by atoms with Gasteiger partial charge in [0.1, 0.15) is 5.82 Å². The van der Waals surface area contributed by atoms with Crippen LogP contribution in [0.2, 0.25) is 0 Å². The minimum absolute atomic E-state index is 0.114. The highest BCUT2D eigenvalue weighted by Crippen LogP contribution is 2.21. The molecule has 23 heavy (non-hydrogen) atoms. The molecule has 2 aromatic rings. The number of nitrogens with one attached hydrogen (secondary N) is 1. The number of urea groups is 1. The minimum atomic E-state index is -0.114. The van der Waals surface area contributed by atoms with E-state index in [4.69, 9.17) is 0 Å². The van der Waals surface area contributed by atoms with Gasteiger partial charge in [-0.1, -0.05) is 13.8 Å². The molecular formula is C16H26N6O. The van der Waals surface area contributed by atoms with E-state index in [0.29, 0.717) is 25.6 Å². The first-order valence-electron chi connectivity index (χ1n) is 8.09. The third-order valence-corrected chi connectivity index (χ3v) is 4.08. The van der Waals surface area contributed by atoms with Gasteiger partial charge < -0.3 is 4.90 Å². The van der Waals surface area contributed by atoms with Gasteiger partial charge in [-0.25, -0.2) is 9.48 Å². The standard InChI is InChI=1S/C16H26N6O/c1-5-20(11-12-21-10-6-8-17-21)16(23)19-15-7-9-18-22(15)14(4)13(2)3/h6-10,13-14H,5,11-12H2,1-4H3,(H,19,23)/t14-/m0/s1. The Kier molecular flexibility index (Phi) is 5.78. The van der Waals surface area contributed by atoms with Crippen LogP contribution in [0.4, 0.5) is 10.6 Å². The zero-order valence-corrected chi connectivity index (χ0v) is 14.3. The molecule has 7 heteroatoms. The van der Waals surface area contributed by atoms with Crippen LogP contribution in [0.5, 0.6) is 0 Å². The van der Waals surface area contributed by atoms with Crippen molar-refractivity contribution in [3.8, 4) is 0 Å². The van der Waals surface area contributed by atoms with Crippen LogP contribution in [0, 0.1) is 5.92 Å². The smallest absolute Gasteiger partial charge is 0.323 e. The molecule has 0 aliphatic carbocycles. The van der Waals surface area contributed by atoms with E-state index in [2.05, 4.69) is 36.3 Å². The summed E-state index contributed by atoms with van der Waals surface area (Å²) in [5.74, 6) is 1.17. The lowest BCUT2D eigenvalue weighted by Crippen LogP contribution is -2.37. The number of nitrogens with zero attached hydrogens (tertiary/aromatic N) is 5. The largest absolute Gasteiger partial charge is 0.323 e. The summed E-state index contributed by atoms with van der Waals surface area (Å²) in [5.41, 5.74) is 0. The predicted octanol–water partition coefficient (Wildman–Crippen LogP) is 2.85. The lowest BCUT2D eigenvalue weighted by atomic mass is 10.1. The quantitative estimate of drug-likeness (QED) is 0.853. The summed E-state index contributed by atoms with van der Waals surface area (Å²) >= 11 is 0. The lowest BCUT2D eigenvalue weighted by Gasteiger charge is -2.23. The molecule has 2 rings (SSSR count). The number of anilines is 1. The molecule has 0 spiro atoms. The third kappa shape index (κ3) is 4.34. The first kappa shape index (κ1) is 17.1. The van der Waals surface area contributed by atoms with Crippen LogP contribution in [-0.2, 0) is 6.54 Å². The van der Waals surface area contributed by atoms with E-state index in [1.165, 1.54) is 0 Å². The second-order valence-corrected chi connectivity index (χ2v) is 5.92. The first-order valence-corrected chi connectivity index (χ1v) is 8.09. The van der Waals surface area contributed by atoms with Crippen LogP contribution in [0.1, 0.15) is 33.7 Å². The molecule has 0 fully saturated rings. The number of hydrogen-bond donors (Lipinski definition) is 1. The van der Waals surface area contributed by atoms with Crippen molar-refractivity contribution in [2.24, 2.45) is 5.92 Å². The summed E-state index contributed by atoms with van der Waals surface area (Å²) in [6, 6.07) is 3.82. The van der Waals surface area contributed by atoms with Gasteiger partial charge in [0, 0.05) is 31.5 Å². The maximum absolute atomic E-state index is 12.5. The van der Waals surface area contributed by atoms with Crippen molar-refractivity contribution in [3.05, 3.63) is 30.7 Å². The highest BCUT2D eigenvalue weighted by atomic mass is 16.2. The summed E-state index contributed by atoms with van der Waals surface area (Å²) in [6.45, 7) is 10.3. The van der Waals surface area contributed by atoms with E-state index in [1.54, 1.807) is 17.3 Å². The summed E-state index contributed by atoms with van der Waals surface area (Å²) < 4.78 is 3.69. The van der Waals surface area contributed by atoms with Crippen molar-refractivity contribution >= 4 is 11.8 Å². The van der Waals surface area contributed by atoms with Crippen molar-refractivity contribution < 1.29 is 4.79 Å². The van der Waals surface area contributed by atoms with Gasteiger partial charge in [0.15, 0.2) is 0 Å². The molecule has 0 aliphatic rings. The number of rotatable bonds is 7. The summed E-state index contributed by atoms with van der Waals surface area (Å²) in [5, 5.41) is 11.5. The summed E-state index contributed by atoms with van der Waals surface area (Å²) in [7, 11) is 0. The van der Waals surface area contributed by atoms with Crippen LogP contribution in [0.25, 0.3) is 0 Å². The maximum atomic E-state index is 12.5. The Morgan fingerprint density at radius 1 is 1.30 bits per heavy atom. The SMILES string of the molecule is CCN(CCn1cccn1)C(=O)Nc1ccnn1[C@@H](C)C(C)C. The molecule has 126 valence electrons. The van der Waals surface area contributed by atoms with Gasteiger partial charge in [0.25, 0.3) is 0 Å². The van der Waals surface area contributed by atoms with Crippen LogP contribution in [0.3, 0.4) is 0 Å². The van der Waals surface area contributed by atoms with E-state index in [1.807, 2.05) is 34.6 Å². The van der Waals surface area contributed by atoms with Gasteiger partial charge >= 0.3 is 6.03 Å². The molecule has 7 nitrogen and oxygen atoms in total. The van der Waals surface area contributed by atoms with Gasteiger partial charge in [-0.15, -0.1) is 0 Å². The highest BCUT2D eigenvalue weighted by Gasteiger charge is 2.17. The zero-order chi connectivity index (χ0) is 16.8. The molecule has 1 atom stereocenters. The molecular weight excluding hydrogens is 292 g/mol. The van der Waals surface area contributed by atoms with E-state index in [-0.39, 0.29) is 12.1 Å². The fourth-order valence-electron chi connectivity index (χ4n) is 2.27. The molecule has 2 heterocycles. The minimum Gasteiger partial charge on any atom is -0.323 e. The molecule has 1 N–H and O–H groups in total. The molecule has 0 aliphatic heterocycles. The number of carbonyl (C=O) groups excluding carboxylic acids is 1. The van der Waals surface area contributed by atoms with Gasteiger partial charge in [-0.2, -0.15) is 10.2 Å². The van der Waals surface area contributed by atoms with E-state index < -0.39 is 0 Å². The van der Waals surface area contributed by atoms with Crippen molar-refractivity contribution in [2.45, 2.75) is 40.3 Å². The van der Waals surface area contributed by atoms with Gasteiger partial charge in [0.2, 0.25) is 0 Å². The Hall–Kier alpha value is -2.31. The van der Waals surface area contributed by atoms with Crippen LogP contribution < -0.4 is 5.32 Å².